The average molecular weight is 475 g/mol. The van der Waals surface area contributed by atoms with Crippen molar-refractivity contribution in [2.45, 2.75) is 19.3 Å². The first-order chi connectivity index (χ1) is 16.6. The normalized spacial score (nSPS) is 14.9. The zero-order valence-electron chi connectivity index (χ0n) is 18.7. The third-order valence-electron chi connectivity index (χ3n) is 5.57. The predicted molar refractivity (Wildman–Crippen MR) is 130 cm³/mol. The summed E-state index contributed by atoms with van der Waals surface area (Å²) in [5, 5.41) is 8.22. The lowest BCUT2D eigenvalue weighted by molar-refractivity contribution is -0.116. The molecule has 1 amide bonds. The van der Waals surface area contributed by atoms with Gasteiger partial charge in [-0.2, -0.15) is 9.78 Å². The van der Waals surface area contributed by atoms with Gasteiger partial charge in [-0.05, 0) is 42.8 Å². The Kier molecular flexibility index (Phi) is 5.82. The second-order valence-electron chi connectivity index (χ2n) is 7.63. The number of hydrogen-bond acceptors (Lipinski definition) is 7. The van der Waals surface area contributed by atoms with Crippen molar-refractivity contribution in [3.63, 3.8) is 0 Å². The van der Waals surface area contributed by atoms with Crippen LogP contribution in [0.3, 0.4) is 0 Å². The molecule has 2 aromatic heterocycles. The van der Waals surface area contributed by atoms with Gasteiger partial charge in [0.2, 0.25) is 11.0 Å². The molecule has 0 aliphatic carbocycles. The standard InChI is InChI=1S/C25H22N4O4S/c1-4-10-33-20-9-6-15(11-21(20)32-5-2)17-13-23(30)28-24-18(17)14-26-29(24)25-27-19-8-7-16(31-3)12-22(19)34-25/h1,6-9,11-12,14,17H,5,10,13H2,2-3H3,(H,28,30)/t17-/m0/s1. The highest BCUT2D eigenvalue weighted by molar-refractivity contribution is 7.20. The largest absolute Gasteiger partial charge is 0.497 e. The number of rotatable bonds is 7. The third kappa shape index (κ3) is 3.93. The summed E-state index contributed by atoms with van der Waals surface area (Å²) in [4.78, 5) is 17.4. The minimum atomic E-state index is -0.187. The van der Waals surface area contributed by atoms with E-state index in [4.69, 9.17) is 25.6 Å². The minimum Gasteiger partial charge on any atom is -0.497 e. The lowest BCUT2D eigenvalue weighted by Crippen LogP contribution is -2.24. The van der Waals surface area contributed by atoms with Crippen molar-refractivity contribution >= 4 is 33.3 Å². The van der Waals surface area contributed by atoms with E-state index in [0.29, 0.717) is 35.5 Å². The molecule has 34 heavy (non-hydrogen) atoms. The van der Waals surface area contributed by atoms with E-state index in [2.05, 4.69) is 16.3 Å². The van der Waals surface area contributed by atoms with Crippen LogP contribution >= 0.6 is 11.3 Å². The first-order valence-corrected chi connectivity index (χ1v) is 11.6. The van der Waals surface area contributed by atoms with Crippen molar-refractivity contribution in [2.75, 3.05) is 25.6 Å². The van der Waals surface area contributed by atoms with E-state index in [9.17, 15) is 4.79 Å². The zero-order chi connectivity index (χ0) is 23.7. The summed E-state index contributed by atoms with van der Waals surface area (Å²) >= 11 is 1.48. The van der Waals surface area contributed by atoms with Crippen molar-refractivity contribution < 1.29 is 19.0 Å². The Balaban J connectivity index is 1.54. The Morgan fingerprint density at radius 1 is 1.24 bits per heavy atom. The van der Waals surface area contributed by atoms with Gasteiger partial charge in [-0.15, -0.1) is 6.42 Å². The van der Waals surface area contributed by atoms with Crippen molar-refractivity contribution in [3.8, 4) is 34.7 Å². The van der Waals surface area contributed by atoms with E-state index in [1.165, 1.54) is 11.3 Å². The quantitative estimate of drug-likeness (QED) is 0.400. The summed E-state index contributed by atoms with van der Waals surface area (Å²) in [6.07, 6.45) is 7.41. The summed E-state index contributed by atoms with van der Waals surface area (Å²) in [5.41, 5.74) is 2.69. The molecular formula is C25H22N4O4S. The number of amides is 1. The van der Waals surface area contributed by atoms with E-state index in [1.54, 1.807) is 18.0 Å². The molecule has 1 atom stereocenters. The number of methoxy groups -OCH3 is 1. The van der Waals surface area contributed by atoms with Crippen LogP contribution in [0.2, 0.25) is 0 Å². The molecule has 4 aromatic rings. The number of carbonyl (C=O) groups excluding carboxylic acids is 1. The van der Waals surface area contributed by atoms with Crippen molar-refractivity contribution in [2.24, 2.45) is 0 Å². The molecule has 0 radical (unpaired) electrons. The lowest BCUT2D eigenvalue weighted by atomic mass is 9.87. The van der Waals surface area contributed by atoms with Crippen LogP contribution in [-0.4, -0.2) is 41.0 Å². The van der Waals surface area contributed by atoms with Crippen LogP contribution in [0.15, 0.2) is 42.6 Å². The fourth-order valence-corrected chi connectivity index (χ4v) is 4.98. The first kappa shape index (κ1) is 21.8. The fraction of sp³-hybridized carbons (Fsp3) is 0.240. The monoisotopic (exact) mass is 474 g/mol. The molecule has 0 spiro atoms. The van der Waals surface area contributed by atoms with Gasteiger partial charge < -0.3 is 19.5 Å². The molecule has 1 N–H and O–H groups in total. The molecule has 5 rings (SSSR count). The number of thiazole rings is 1. The molecule has 0 bridgehead atoms. The van der Waals surface area contributed by atoms with E-state index in [0.717, 1.165) is 27.1 Å². The number of ether oxygens (including phenoxy) is 3. The highest BCUT2D eigenvalue weighted by Crippen LogP contribution is 2.41. The van der Waals surface area contributed by atoms with Crippen LogP contribution in [0, 0.1) is 12.3 Å². The Morgan fingerprint density at radius 2 is 2.12 bits per heavy atom. The van der Waals surface area contributed by atoms with Gasteiger partial charge in [0.25, 0.3) is 0 Å². The molecule has 1 aliphatic rings. The Morgan fingerprint density at radius 3 is 2.91 bits per heavy atom. The topological polar surface area (TPSA) is 87.5 Å². The number of hydrogen-bond donors (Lipinski definition) is 1. The lowest BCUT2D eigenvalue weighted by Gasteiger charge is -2.24. The summed E-state index contributed by atoms with van der Waals surface area (Å²) < 4.78 is 19.4. The van der Waals surface area contributed by atoms with Crippen molar-refractivity contribution in [3.05, 3.63) is 53.7 Å². The van der Waals surface area contributed by atoms with Gasteiger partial charge in [0.05, 0.1) is 30.1 Å². The maximum Gasteiger partial charge on any atom is 0.226 e. The SMILES string of the molecule is C#CCOc1ccc([C@@H]2CC(=O)Nc3c2cnn3-c2nc3ccc(OC)cc3s2)cc1OCC. The molecule has 0 saturated carbocycles. The van der Waals surface area contributed by atoms with Crippen LogP contribution < -0.4 is 19.5 Å². The summed E-state index contributed by atoms with van der Waals surface area (Å²) in [6, 6.07) is 11.4. The minimum absolute atomic E-state index is 0.0901. The molecule has 0 saturated heterocycles. The number of anilines is 1. The highest BCUT2D eigenvalue weighted by atomic mass is 32.1. The summed E-state index contributed by atoms with van der Waals surface area (Å²) in [7, 11) is 1.63. The molecular weight excluding hydrogens is 452 g/mol. The molecule has 0 fully saturated rings. The summed E-state index contributed by atoms with van der Waals surface area (Å²) in [6.45, 7) is 2.53. The van der Waals surface area contributed by atoms with Gasteiger partial charge in [0, 0.05) is 17.9 Å². The predicted octanol–water partition coefficient (Wildman–Crippen LogP) is 4.38. The second-order valence-corrected chi connectivity index (χ2v) is 8.64. The Hall–Kier alpha value is -4.03. The van der Waals surface area contributed by atoms with Gasteiger partial charge in [-0.25, -0.2) is 4.98 Å². The van der Waals surface area contributed by atoms with E-state index < -0.39 is 0 Å². The van der Waals surface area contributed by atoms with Gasteiger partial charge in [-0.3, -0.25) is 4.79 Å². The highest BCUT2D eigenvalue weighted by Gasteiger charge is 2.31. The molecule has 9 heteroatoms. The number of nitrogens with zero attached hydrogens (tertiary/aromatic N) is 3. The Labute approximate surface area is 200 Å². The van der Waals surface area contributed by atoms with Gasteiger partial charge in [0.15, 0.2) is 11.5 Å². The van der Waals surface area contributed by atoms with Crippen molar-refractivity contribution in [1.29, 1.82) is 0 Å². The number of terminal acetylenes is 1. The Bertz CT molecular complexity index is 1420. The smallest absolute Gasteiger partial charge is 0.226 e. The molecule has 172 valence electrons. The molecule has 0 unspecified atom stereocenters. The fourth-order valence-electron chi connectivity index (χ4n) is 4.02. The number of benzene rings is 2. The first-order valence-electron chi connectivity index (χ1n) is 10.8. The van der Waals surface area contributed by atoms with Gasteiger partial charge in [-0.1, -0.05) is 23.3 Å². The molecule has 3 heterocycles. The zero-order valence-corrected chi connectivity index (χ0v) is 19.5. The van der Waals surface area contributed by atoms with Crippen LogP contribution in [-0.2, 0) is 4.79 Å². The van der Waals surface area contributed by atoms with E-state index in [-0.39, 0.29) is 18.4 Å². The van der Waals surface area contributed by atoms with E-state index in [1.807, 2.05) is 43.3 Å². The number of aromatic nitrogens is 3. The van der Waals surface area contributed by atoms with E-state index >= 15 is 0 Å². The molecule has 2 aromatic carbocycles. The molecule has 1 aliphatic heterocycles. The molecule has 8 nitrogen and oxygen atoms in total. The van der Waals surface area contributed by atoms with Gasteiger partial charge >= 0.3 is 0 Å². The maximum atomic E-state index is 12.7. The van der Waals surface area contributed by atoms with Crippen LogP contribution in [0.1, 0.15) is 30.4 Å². The third-order valence-corrected chi connectivity index (χ3v) is 6.56. The average Bonchev–Trinajstić information content (AvgIpc) is 3.46. The van der Waals surface area contributed by atoms with Crippen LogP contribution in [0.25, 0.3) is 15.3 Å². The summed E-state index contributed by atoms with van der Waals surface area (Å²) in [5.74, 6) is 4.74. The van der Waals surface area contributed by atoms with Gasteiger partial charge in [0.1, 0.15) is 18.2 Å². The maximum absolute atomic E-state index is 12.7. The number of fused-ring (bicyclic) bond motifs is 2. The number of nitrogens with one attached hydrogen (secondary N) is 1. The van der Waals surface area contributed by atoms with Crippen molar-refractivity contribution in [1.82, 2.24) is 14.8 Å². The number of carbonyl (C=O) groups is 1. The van der Waals surface area contributed by atoms with Crippen LogP contribution in [0.4, 0.5) is 5.82 Å². The second kappa shape index (κ2) is 9.08. The van der Waals surface area contributed by atoms with Crippen LogP contribution in [0.5, 0.6) is 17.2 Å².